The summed E-state index contributed by atoms with van der Waals surface area (Å²) in [5.74, 6) is 1.46. The average molecular weight is 262 g/mol. The molecule has 6 nitrogen and oxygen atoms in total. The lowest BCUT2D eigenvalue weighted by atomic mass is 10.1. The van der Waals surface area contributed by atoms with Crippen molar-refractivity contribution in [2.24, 2.45) is 0 Å². The number of aromatic nitrogens is 2. The van der Waals surface area contributed by atoms with Gasteiger partial charge in [0.05, 0.1) is 19.3 Å². The lowest BCUT2D eigenvalue weighted by molar-refractivity contribution is 0.192. The lowest BCUT2D eigenvalue weighted by Gasteiger charge is -2.05. The van der Waals surface area contributed by atoms with Gasteiger partial charge in [-0.1, -0.05) is 11.2 Å². The molecule has 3 rings (SSSR count). The van der Waals surface area contributed by atoms with E-state index in [1.165, 1.54) is 7.11 Å². The molecule has 0 unspecified atom stereocenters. The number of phenolic OH excluding ortho intramolecular Hbond substituents is 1. The summed E-state index contributed by atoms with van der Waals surface area (Å²) in [6.07, 6.45) is 0.892. The van der Waals surface area contributed by atoms with E-state index in [9.17, 15) is 5.11 Å². The van der Waals surface area contributed by atoms with Crippen molar-refractivity contribution in [2.45, 2.75) is 12.3 Å². The van der Waals surface area contributed by atoms with Gasteiger partial charge in [-0.3, -0.25) is 0 Å². The second-order valence-electron chi connectivity index (χ2n) is 4.37. The molecule has 1 atom stereocenters. The normalized spacial score (nSPS) is 18.7. The van der Waals surface area contributed by atoms with Crippen molar-refractivity contribution in [3.63, 3.8) is 0 Å². The maximum absolute atomic E-state index is 10.0. The molecule has 100 valence electrons. The highest BCUT2D eigenvalue weighted by molar-refractivity contribution is 5.66. The Hall–Kier alpha value is -2.08. The minimum Gasteiger partial charge on any atom is -0.504 e. The first-order valence-electron chi connectivity index (χ1n) is 6.07. The average Bonchev–Trinajstić information content (AvgIpc) is 3.09. The van der Waals surface area contributed by atoms with Crippen molar-refractivity contribution >= 4 is 0 Å². The van der Waals surface area contributed by atoms with Crippen LogP contribution in [0.2, 0.25) is 0 Å². The molecule has 1 N–H and O–H groups in total. The molecule has 2 aromatic rings. The predicted octanol–water partition coefficient (Wildman–Crippen LogP) is 1.95. The van der Waals surface area contributed by atoms with Crippen LogP contribution in [-0.4, -0.2) is 35.6 Å². The fourth-order valence-corrected chi connectivity index (χ4v) is 2.11. The van der Waals surface area contributed by atoms with E-state index in [4.69, 9.17) is 14.0 Å². The van der Waals surface area contributed by atoms with Gasteiger partial charge < -0.3 is 19.1 Å². The lowest BCUT2D eigenvalue weighted by Crippen LogP contribution is -1.99. The van der Waals surface area contributed by atoms with Gasteiger partial charge in [-0.2, -0.15) is 4.98 Å². The van der Waals surface area contributed by atoms with Gasteiger partial charge in [-0.05, 0) is 18.6 Å². The van der Waals surface area contributed by atoms with Crippen molar-refractivity contribution in [2.75, 3.05) is 20.3 Å². The minimum atomic E-state index is 0.00266. The number of ether oxygens (including phenoxy) is 2. The molecule has 1 aromatic heterocycles. The molecule has 1 aliphatic rings. The molecule has 0 spiro atoms. The molecular weight excluding hydrogens is 248 g/mol. The zero-order chi connectivity index (χ0) is 13.2. The zero-order valence-electron chi connectivity index (χ0n) is 10.5. The van der Waals surface area contributed by atoms with E-state index >= 15 is 0 Å². The second-order valence-corrected chi connectivity index (χ2v) is 4.37. The number of phenols is 1. The van der Waals surface area contributed by atoms with Crippen LogP contribution in [0.4, 0.5) is 0 Å². The maximum Gasteiger partial charge on any atom is 0.261 e. The number of hydrogen-bond donors (Lipinski definition) is 1. The van der Waals surface area contributed by atoms with Crippen LogP contribution < -0.4 is 4.74 Å². The summed E-state index contributed by atoms with van der Waals surface area (Å²) in [5, 5.41) is 14.0. The molecule has 1 saturated heterocycles. The molecule has 6 heteroatoms. The van der Waals surface area contributed by atoms with Crippen molar-refractivity contribution in [3.8, 4) is 23.0 Å². The highest BCUT2D eigenvalue weighted by Crippen LogP contribution is 2.36. The molecule has 0 amide bonds. The Kier molecular flexibility index (Phi) is 3.08. The Bertz CT molecular complexity index is 576. The first-order chi connectivity index (χ1) is 9.29. The quantitative estimate of drug-likeness (QED) is 0.911. The molecule has 0 radical (unpaired) electrons. The largest absolute Gasteiger partial charge is 0.504 e. The third-order valence-electron chi connectivity index (χ3n) is 3.19. The van der Waals surface area contributed by atoms with Gasteiger partial charge in [0, 0.05) is 12.5 Å². The number of methoxy groups -OCH3 is 1. The van der Waals surface area contributed by atoms with E-state index in [2.05, 4.69) is 10.1 Å². The molecule has 1 aliphatic heterocycles. The van der Waals surface area contributed by atoms with Crippen LogP contribution in [0, 0.1) is 0 Å². The first kappa shape index (κ1) is 12.0. The van der Waals surface area contributed by atoms with E-state index in [-0.39, 0.29) is 11.7 Å². The van der Waals surface area contributed by atoms with Crippen molar-refractivity contribution < 1.29 is 19.1 Å². The number of benzene rings is 1. The Labute approximate surface area is 110 Å². The van der Waals surface area contributed by atoms with Crippen molar-refractivity contribution in [3.05, 3.63) is 24.0 Å². The minimum absolute atomic E-state index is 0.00266. The van der Waals surface area contributed by atoms with Crippen LogP contribution >= 0.6 is 0 Å². The number of aromatic hydroxyl groups is 1. The van der Waals surface area contributed by atoms with Crippen molar-refractivity contribution in [1.29, 1.82) is 0 Å². The number of hydrogen-bond acceptors (Lipinski definition) is 6. The van der Waals surface area contributed by atoms with E-state index in [0.717, 1.165) is 13.0 Å². The third kappa shape index (κ3) is 2.15. The van der Waals surface area contributed by atoms with Crippen LogP contribution in [0.15, 0.2) is 22.7 Å². The summed E-state index contributed by atoms with van der Waals surface area (Å²) >= 11 is 0. The summed E-state index contributed by atoms with van der Waals surface area (Å²) in [4.78, 5) is 4.33. The molecule has 0 bridgehead atoms. The Balaban J connectivity index is 1.94. The molecule has 2 heterocycles. The smallest absolute Gasteiger partial charge is 0.261 e. The Morgan fingerprint density at radius 1 is 1.42 bits per heavy atom. The third-order valence-corrected chi connectivity index (χ3v) is 3.19. The van der Waals surface area contributed by atoms with Gasteiger partial charge in [0.1, 0.15) is 0 Å². The van der Waals surface area contributed by atoms with Gasteiger partial charge in [-0.25, -0.2) is 0 Å². The van der Waals surface area contributed by atoms with E-state index in [0.29, 0.717) is 29.6 Å². The summed E-state index contributed by atoms with van der Waals surface area (Å²) in [5.41, 5.74) is 0.469. The van der Waals surface area contributed by atoms with Gasteiger partial charge >= 0.3 is 0 Å². The van der Waals surface area contributed by atoms with Gasteiger partial charge in [-0.15, -0.1) is 0 Å². The van der Waals surface area contributed by atoms with E-state index in [1.807, 2.05) is 0 Å². The topological polar surface area (TPSA) is 77.6 Å². The van der Waals surface area contributed by atoms with Crippen molar-refractivity contribution in [1.82, 2.24) is 10.1 Å². The molecule has 1 aromatic carbocycles. The molecular formula is C13H14N2O4. The summed E-state index contributed by atoms with van der Waals surface area (Å²) in [7, 11) is 1.49. The maximum atomic E-state index is 10.0. The monoisotopic (exact) mass is 262 g/mol. The predicted molar refractivity (Wildman–Crippen MR) is 66.1 cm³/mol. The van der Waals surface area contributed by atoms with E-state index in [1.54, 1.807) is 18.2 Å². The van der Waals surface area contributed by atoms with Crippen LogP contribution in [0.5, 0.6) is 11.5 Å². The number of nitrogens with zero attached hydrogens (tertiary/aromatic N) is 2. The number of para-hydroxylation sites is 1. The van der Waals surface area contributed by atoms with Gasteiger partial charge in [0.15, 0.2) is 17.3 Å². The number of rotatable bonds is 3. The summed E-state index contributed by atoms with van der Waals surface area (Å²) in [6.45, 7) is 1.34. The Morgan fingerprint density at radius 2 is 2.32 bits per heavy atom. The SMILES string of the molecule is COc1cccc(-c2nc([C@H]3CCOC3)no2)c1O. The van der Waals surface area contributed by atoms with Crippen LogP contribution in [-0.2, 0) is 4.74 Å². The standard InChI is InChI=1S/C13H14N2O4/c1-17-10-4-2-3-9(11(10)16)13-14-12(15-19-13)8-5-6-18-7-8/h2-4,8,16H,5-7H2,1H3/t8-/m0/s1. The summed E-state index contributed by atoms with van der Waals surface area (Å²) < 4.78 is 15.6. The highest BCUT2D eigenvalue weighted by atomic mass is 16.5. The zero-order valence-corrected chi connectivity index (χ0v) is 10.5. The van der Waals surface area contributed by atoms with Crippen LogP contribution in [0.3, 0.4) is 0 Å². The molecule has 1 fully saturated rings. The van der Waals surface area contributed by atoms with E-state index < -0.39 is 0 Å². The molecule has 19 heavy (non-hydrogen) atoms. The molecule has 0 saturated carbocycles. The summed E-state index contributed by atoms with van der Waals surface area (Å²) in [6, 6.07) is 5.14. The second kappa shape index (κ2) is 4.89. The van der Waals surface area contributed by atoms with Gasteiger partial charge in [0.2, 0.25) is 0 Å². The van der Waals surface area contributed by atoms with Gasteiger partial charge in [0.25, 0.3) is 5.89 Å². The first-order valence-corrected chi connectivity index (χ1v) is 6.07. The fourth-order valence-electron chi connectivity index (χ4n) is 2.11. The van der Waals surface area contributed by atoms with Crippen LogP contribution in [0.25, 0.3) is 11.5 Å². The fraction of sp³-hybridized carbons (Fsp3) is 0.385. The highest BCUT2D eigenvalue weighted by Gasteiger charge is 2.24. The Morgan fingerprint density at radius 3 is 3.05 bits per heavy atom. The van der Waals surface area contributed by atoms with Crippen LogP contribution in [0.1, 0.15) is 18.2 Å². The molecule has 0 aliphatic carbocycles.